The molecule has 3 unspecified atom stereocenters. The van der Waals surface area contributed by atoms with Crippen molar-refractivity contribution < 1.29 is 0 Å². The maximum atomic E-state index is 2.47. The molecule has 1 heterocycles. The highest BCUT2D eigenvalue weighted by atomic mass is 15.2. The highest BCUT2D eigenvalue weighted by Gasteiger charge is 2.48. The maximum absolute atomic E-state index is 2.47. The molecule has 0 aromatic carbocycles. The zero-order valence-corrected chi connectivity index (χ0v) is 5.59. The highest BCUT2D eigenvalue weighted by Crippen LogP contribution is 2.48. The van der Waals surface area contributed by atoms with Crippen LogP contribution in [0.15, 0.2) is 0 Å². The first-order chi connectivity index (χ1) is 3.79. The molecule has 1 saturated heterocycles. The largest absolute Gasteiger partial charge is 0.303 e. The Hall–Kier alpha value is -0.0400. The van der Waals surface area contributed by atoms with Crippen LogP contribution in [0, 0.1) is 11.8 Å². The Bertz CT molecular complexity index is 109. The molecule has 1 saturated carbocycles. The molecule has 8 heavy (non-hydrogen) atoms. The van der Waals surface area contributed by atoms with Gasteiger partial charge >= 0.3 is 0 Å². The molecule has 0 bridgehead atoms. The lowest BCUT2D eigenvalue weighted by atomic mass is 10.2. The molecule has 0 amide bonds. The van der Waals surface area contributed by atoms with Crippen LogP contribution >= 0.6 is 0 Å². The molecule has 0 spiro atoms. The lowest BCUT2D eigenvalue weighted by molar-refractivity contribution is 0.287. The lowest BCUT2D eigenvalue weighted by Gasteiger charge is -2.16. The quantitative estimate of drug-likeness (QED) is 0.450. The van der Waals surface area contributed by atoms with Crippen molar-refractivity contribution in [3.63, 3.8) is 0 Å². The second-order valence-electron chi connectivity index (χ2n) is 3.34. The number of hydrogen-bond donors (Lipinski definition) is 0. The van der Waals surface area contributed by atoms with Crippen LogP contribution in [-0.2, 0) is 0 Å². The molecule has 2 aliphatic rings. The highest BCUT2D eigenvalue weighted by molar-refractivity contribution is 5.00. The predicted octanol–water partition coefficient (Wildman–Crippen LogP) is 0.956. The average Bonchev–Trinajstić information content (AvgIpc) is 2.39. The van der Waals surface area contributed by atoms with E-state index < -0.39 is 0 Å². The third-order valence-corrected chi connectivity index (χ3v) is 2.81. The van der Waals surface area contributed by atoms with Crippen LogP contribution in [0.5, 0.6) is 0 Å². The van der Waals surface area contributed by atoms with E-state index in [4.69, 9.17) is 0 Å². The van der Waals surface area contributed by atoms with Crippen molar-refractivity contribution in [2.45, 2.75) is 19.4 Å². The van der Waals surface area contributed by atoms with E-state index in [0.29, 0.717) is 0 Å². The first kappa shape index (κ1) is 4.80. The minimum atomic E-state index is 0.889. The van der Waals surface area contributed by atoms with Crippen LogP contribution in [0.25, 0.3) is 0 Å². The number of nitrogens with zero attached hydrogens (tertiary/aromatic N) is 1. The van der Waals surface area contributed by atoms with Crippen LogP contribution in [0.1, 0.15) is 13.3 Å². The number of fused-ring (bicyclic) bond motifs is 1. The summed E-state index contributed by atoms with van der Waals surface area (Å²) in [6.45, 7) is 3.71. The fraction of sp³-hybridized carbons (Fsp3) is 1.00. The van der Waals surface area contributed by atoms with E-state index in [0.717, 1.165) is 17.9 Å². The summed E-state index contributed by atoms with van der Waals surface area (Å²) < 4.78 is 0. The summed E-state index contributed by atoms with van der Waals surface area (Å²) in [6.07, 6.45) is 1.52. The van der Waals surface area contributed by atoms with E-state index in [1.807, 2.05) is 0 Å². The van der Waals surface area contributed by atoms with E-state index in [2.05, 4.69) is 18.9 Å². The van der Waals surface area contributed by atoms with Crippen LogP contribution in [0.2, 0.25) is 0 Å². The SMILES string of the molecule is CC1C2CC2CN1C. The van der Waals surface area contributed by atoms with Crippen molar-refractivity contribution in [3.8, 4) is 0 Å². The second-order valence-corrected chi connectivity index (χ2v) is 3.34. The summed E-state index contributed by atoms with van der Waals surface area (Å²) in [5, 5.41) is 0. The molecule has 0 N–H and O–H groups in total. The van der Waals surface area contributed by atoms with Gasteiger partial charge in [-0.15, -0.1) is 0 Å². The zero-order valence-electron chi connectivity index (χ0n) is 5.59. The van der Waals surface area contributed by atoms with E-state index >= 15 is 0 Å². The van der Waals surface area contributed by atoms with Crippen molar-refractivity contribution in [1.82, 2.24) is 4.90 Å². The topological polar surface area (TPSA) is 3.24 Å². The van der Waals surface area contributed by atoms with Crippen LogP contribution in [-0.4, -0.2) is 24.5 Å². The van der Waals surface area contributed by atoms with Crippen molar-refractivity contribution in [3.05, 3.63) is 0 Å². The summed E-state index contributed by atoms with van der Waals surface area (Å²) in [4.78, 5) is 2.47. The molecule has 1 aliphatic carbocycles. The molecule has 1 aliphatic heterocycles. The van der Waals surface area contributed by atoms with Gasteiger partial charge in [-0.25, -0.2) is 0 Å². The molecular formula is C7H13N. The van der Waals surface area contributed by atoms with Crippen LogP contribution in [0.3, 0.4) is 0 Å². The van der Waals surface area contributed by atoms with Gasteiger partial charge in [0, 0.05) is 12.6 Å². The van der Waals surface area contributed by atoms with E-state index in [1.54, 1.807) is 0 Å². The van der Waals surface area contributed by atoms with E-state index in [-0.39, 0.29) is 0 Å². The minimum Gasteiger partial charge on any atom is -0.303 e. The third kappa shape index (κ3) is 0.455. The summed E-state index contributed by atoms with van der Waals surface area (Å²) in [7, 11) is 2.23. The minimum absolute atomic E-state index is 0.889. The Morgan fingerprint density at radius 3 is 2.50 bits per heavy atom. The first-order valence-corrected chi connectivity index (χ1v) is 3.49. The van der Waals surface area contributed by atoms with Gasteiger partial charge in [-0.2, -0.15) is 0 Å². The normalized spacial score (nSPS) is 54.0. The third-order valence-electron chi connectivity index (χ3n) is 2.81. The molecule has 0 aromatic rings. The van der Waals surface area contributed by atoms with Gasteiger partial charge in [0.05, 0.1) is 0 Å². The molecular weight excluding hydrogens is 98.1 g/mol. The van der Waals surface area contributed by atoms with Crippen LogP contribution in [0.4, 0.5) is 0 Å². The predicted molar refractivity (Wildman–Crippen MR) is 33.7 cm³/mol. The maximum Gasteiger partial charge on any atom is 0.00955 e. The molecule has 2 rings (SSSR count). The monoisotopic (exact) mass is 111 g/mol. The molecule has 1 heteroatoms. The first-order valence-electron chi connectivity index (χ1n) is 3.49. The fourth-order valence-corrected chi connectivity index (χ4v) is 1.93. The van der Waals surface area contributed by atoms with Crippen LogP contribution < -0.4 is 0 Å². The summed E-state index contributed by atoms with van der Waals surface area (Å²) >= 11 is 0. The Labute approximate surface area is 50.7 Å². The Balaban J connectivity index is 2.08. The number of rotatable bonds is 0. The Morgan fingerprint density at radius 2 is 2.25 bits per heavy atom. The summed E-state index contributed by atoms with van der Waals surface area (Å²) in [5.41, 5.74) is 0. The molecule has 46 valence electrons. The van der Waals surface area contributed by atoms with Gasteiger partial charge in [-0.3, -0.25) is 0 Å². The van der Waals surface area contributed by atoms with Gasteiger partial charge in [-0.1, -0.05) is 0 Å². The smallest absolute Gasteiger partial charge is 0.00955 e. The van der Waals surface area contributed by atoms with Crippen molar-refractivity contribution in [2.24, 2.45) is 11.8 Å². The molecule has 1 nitrogen and oxygen atoms in total. The van der Waals surface area contributed by atoms with Gasteiger partial charge in [-0.05, 0) is 32.2 Å². The van der Waals surface area contributed by atoms with Gasteiger partial charge in [0.1, 0.15) is 0 Å². The molecule has 0 aromatic heterocycles. The summed E-state index contributed by atoms with van der Waals surface area (Å²) in [6, 6.07) is 0.889. The molecule has 2 fully saturated rings. The van der Waals surface area contributed by atoms with E-state index in [9.17, 15) is 0 Å². The van der Waals surface area contributed by atoms with E-state index in [1.165, 1.54) is 13.0 Å². The second kappa shape index (κ2) is 1.27. The number of hydrogen-bond acceptors (Lipinski definition) is 1. The van der Waals surface area contributed by atoms with Gasteiger partial charge in [0.2, 0.25) is 0 Å². The number of piperidine rings is 1. The lowest BCUT2D eigenvalue weighted by Crippen LogP contribution is -2.25. The Kier molecular flexibility index (Phi) is 0.762. The standard InChI is InChI=1S/C7H13N/c1-5-7-3-6(7)4-8(5)2/h5-7H,3-4H2,1-2H3. The van der Waals surface area contributed by atoms with Gasteiger partial charge in [0.25, 0.3) is 0 Å². The molecule has 0 radical (unpaired) electrons. The zero-order chi connectivity index (χ0) is 5.72. The van der Waals surface area contributed by atoms with Gasteiger partial charge in [0.15, 0.2) is 0 Å². The average molecular weight is 111 g/mol. The fourth-order valence-electron chi connectivity index (χ4n) is 1.93. The van der Waals surface area contributed by atoms with Crippen molar-refractivity contribution >= 4 is 0 Å². The molecule has 3 atom stereocenters. The number of likely N-dealkylation sites (tertiary alicyclic amines) is 1. The Morgan fingerprint density at radius 1 is 1.50 bits per heavy atom. The van der Waals surface area contributed by atoms with Gasteiger partial charge < -0.3 is 4.90 Å². The van der Waals surface area contributed by atoms with Crippen molar-refractivity contribution in [1.29, 1.82) is 0 Å². The van der Waals surface area contributed by atoms with Crippen molar-refractivity contribution in [2.75, 3.05) is 13.6 Å². The summed E-state index contributed by atoms with van der Waals surface area (Å²) in [5.74, 6) is 2.18.